The predicted octanol–water partition coefficient (Wildman–Crippen LogP) is 3.59. The molecule has 0 aliphatic carbocycles. The first-order chi connectivity index (χ1) is 10.5. The molecule has 2 rings (SSSR count). The van der Waals surface area contributed by atoms with Crippen LogP contribution in [-0.4, -0.2) is 49.6 Å². The molecule has 1 amide bonds. The topological polar surface area (TPSA) is 35.6 Å². The van der Waals surface area contributed by atoms with Crippen LogP contribution >= 0.6 is 24.8 Å². The van der Waals surface area contributed by atoms with Crippen molar-refractivity contribution in [1.82, 2.24) is 10.2 Å². The molecule has 1 aliphatic rings. The van der Waals surface area contributed by atoms with Crippen LogP contribution in [0.2, 0.25) is 0 Å². The number of halogens is 2. The van der Waals surface area contributed by atoms with Crippen LogP contribution in [0.4, 0.5) is 5.69 Å². The molecule has 1 aliphatic heterocycles. The van der Waals surface area contributed by atoms with Gasteiger partial charge in [-0.1, -0.05) is 13.3 Å². The van der Waals surface area contributed by atoms with Crippen molar-refractivity contribution in [2.24, 2.45) is 0 Å². The van der Waals surface area contributed by atoms with E-state index in [9.17, 15) is 4.79 Å². The molecule has 0 bridgehead atoms. The Labute approximate surface area is 158 Å². The van der Waals surface area contributed by atoms with Crippen LogP contribution in [0.25, 0.3) is 0 Å². The number of nitrogens with one attached hydrogen (secondary N) is 1. The van der Waals surface area contributed by atoms with E-state index in [0.29, 0.717) is 6.04 Å². The van der Waals surface area contributed by atoms with Crippen molar-refractivity contribution in [3.8, 4) is 0 Å². The highest BCUT2D eigenvalue weighted by molar-refractivity contribution is 5.95. The molecule has 1 saturated heterocycles. The van der Waals surface area contributed by atoms with Crippen molar-refractivity contribution < 1.29 is 4.79 Å². The van der Waals surface area contributed by atoms with Crippen LogP contribution in [0.15, 0.2) is 24.3 Å². The standard InChI is InChI=1S/C18H29N3O.2ClH/c1-5-6-12-20(4)17-9-7-16(8-10-17)18(22)21-13-11-19-14(2)15(21)3;;/h7-10,14-15,19H,5-6,11-13H2,1-4H3;2*1H. The largest absolute Gasteiger partial charge is 0.375 e. The van der Waals surface area contributed by atoms with E-state index >= 15 is 0 Å². The van der Waals surface area contributed by atoms with Gasteiger partial charge in [0.15, 0.2) is 0 Å². The normalized spacial score (nSPS) is 19.9. The second kappa shape index (κ2) is 10.8. The summed E-state index contributed by atoms with van der Waals surface area (Å²) in [5.41, 5.74) is 1.96. The quantitative estimate of drug-likeness (QED) is 0.853. The number of piperazine rings is 1. The molecule has 1 aromatic carbocycles. The molecule has 1 aromatic rings. The lowest BCUT2D eigenvalue weighted by Crippen LogP contribution is -2.57. The first-order valence-corrected chi connectivity index (χ1v) is 8.40. The molecule has 24 heavy (non-hydrogen) atoms. The Morgan fingerprint density at radius 3 is 2.46 bits per heavy atom. The summed E-state index contributed by atoms with van der Waals surface area (Å²) in [5, 5.41) is 3.41. The maximum absolute atomic E-state index is 12.7. The molecular weight excluding hydrogens is 345 g/mol. The minimum atomic E-state index is 0. The molecular formula is C18H31Cl2N3O. The Morgan fingerprint density at radius 1 is 1.25 bits per heavy atom. The first-order valence-electron chi connectivity index (χ1n) is 8.40. The highest BCUT2D eigenvalue weighted by atomic mass is 35.5. The first kappa shape index (κ1) is 23.0. The van der Waals surface area contributed by atoms with Gasteiger partial charge in [-0.2, -0.15) is 0 Å². The smallest absolute Gasteiger partial charge is 0.254 e. The third-order valence-electron chi connectivity index (χ3n) is 4.70. The second-order valence-electron chi connectivity index (χ2n) is 6.30. The molecule has 138 valence electrons. The average Bonchev–Trinajstić information content (AvgIpc) is 2.54. The van der Waals surface area contributed by atoms with E-state index < -0.39 is 0 Å². The van der Waals surface area contributed by atoms with E-state index in [-0.39, 0.29) is 36.8 Å². The second-order valence-corrected chi connectivity index (χ2v) is 6.30. The minimum Gasteiger partial charge on any atom is -0.375 e. The Kier molecular flexibility index (Phi) is 10.4. The summed E-state index contributed by atoms with van der Waals surface area (Å²) in [5.74, 6) is 0.142. The zero-order chi connectivity index (χ0) is 16.1. The number of hydrogen-bond donors (Lipinski definition) is 1. The van der Waals surface area contributed by atoms with E-state index in [0.717, 1.165) is 25.2 Å². The fourth-order valence-electron chi connectivity index (χ4n) is 2.89. The Bertz CT molecular complexity index is 496. The summed E-state index contributed by atoms with van der Waals surface area (Å²) in [6.07, 6.45) is 2.38. The minimum absolute atomic E-state index is 0. The number of carbonyl (C=O) groups excluding carboxylic acids is 1. The van der Waals surface area contributed by atoms with E-state index in [1.165, 1.54) is 18.5 Å². The van der Waals surface area contributed by atoms with E-state index in [1.54, 1.807) is 0 Å². The Hall–Kier alpha value is -0.970. The van der Waals surface area contributed by atoms with Crippen molar-refractivity contribution in [1.29, 1.82) is 0 Å². The van der Waals surface area contributed by atoms with Gasteiger partial charge in [0.1, 0.15) is 0 Å². The average molecular weight is 376 g/mol. The highest BCUT2D eigenvalue weighted by Gasteiger charge is 2.28. The maximum Gasteiger partial charge on any atom is 0.254 e. The van der Waals surface area contributed by atoms with Crippen LogP contribution in [0, 0.1) is 0 Å². The van der Waals surface area contributed by atoms with Crippen molar-refractivity contribution in [2.45, 2.75) is 45.7 Å². The molecule has 0 saturated carbocycles. The number of anilines is 1. The fourth-order valence-corrected chi connectivity index (χ4v) is 2.89. The molecule has 6 heteroatoms. The van der Waals surface area contributed by atoms with Gasteiger partial charge >= 0.3 is 0 Å². The molecule has 2 unspecified atom stereocenters. The van der Waals surface area contributed by atoms with Gasteiger partial charge in [-0.05, 0) is 44.5 Å². The summed E-state index contributed by atoms with van der Waals surface area (Å²) in [7, 11) is 2.10. The predicted molar refractivity (Wildman–Crippen MR) is 107 cm³/mol. The summed E-state index contributed by atoms with van der Waals surface area (Å²) in [6.45, 7) is 9.15. The van der Waals surface area contributed by atoms with Crippen molar-refractivity contribution in [3.05, 3.63) is 29.8 Å². The van der Waals surface area contributed by atoms with Gasteiger partial charge in [0, 0.05) is 50.0 Å². The third-order valence-corrected chi connectivity index (χ3v) is 4.70. The van der Waals surface area contributed by atoms with E-state index in [1.807, 2.05) is 17.0 Å². The van der Waals surface area contributed by atoms with Gasteiger partial charge in [-0.25, -0.2) is 0 Å². The zero-order valence-corrected chi connectivity index (χ0v) is 16.8. The van der Waals surface area contributed by atoms with E-state index in [2.05, 4.69) is 50.2 Å². The van der Waals surface area contributed by atoms with Crippen LogP contribution in [0.1, 0.15) is 44.0 Å². The number of nitrogens with zero attached hydrogens (tertiary/aromatic N) is 2. The molecule has 1 fully saturated rings. The molecule has 0 radical (unpaired) electrons. The molecule has 4 nitrogen and oxygen atoms in total. The summed E-state index contributed by atoms with van der Waals surface area (Å²) in [4.78, 5) is 16.9. The van der Waals surface area contributed by atoms with Gasteiger partial charge in [0.25, 0.3) is 5.91 Å². The van der Waals surface area contributed by atoms with Crippen LogP contribution in [0.5, 0.6) is 0 Å². The van der Waals surface area contributed by atoms with Gasteiger partial charge < -0.3 is 15.1 Å². The van der Waals surface area contributed by atoms with Crippen molar-refractivity contribution in [2.75, 3.05) is 31.6 Å². The van der Waals surface area contributed by atoms with Crippen molar-refractivity contribution >= 4 is 36.4 Å². The molecule has 2 atom stereocenters. The third kappa shape index (κ3) is 5.54. The monoisotopic (exact) mass is 375 g/mol. The maximum atomic E-state index is 12.7. The number of benzene rings is 1. The van der Waals surface area contributed by atoms with Crippen LogP contribution in [-0.2, 0) is 0 Å². The molecule has 0 spiro atoms. The van der Waals surface area contributed by atoms with Crippen LogP contribution < -0.4 is 10.2 Å². The number of hydrogen-bond acceptors (Lipinski definition) is 3. The molecule has 0 aromatic heterocycles. The van der Waals surface area contributed by atoms with E-state index in [4.69, 9.17) is 0 Å². The number of rotatable bonds is 5. The van der Waals surface area contributed by atoms with Gasteiger partial charge in [0.2, 0.25) is 0 Å². The number of amides is 1. The Morgan fingerprint density at radius 2 is 1.88 bits per heavy atom. The molecule has 1 N–H and O–H groups in total. The summed E-state index contributed by atoms with van der Waals surface area (Å²) >= 11 is 0. The lowest BCUT2D eigenvalue weighted by Gasteiger charge is -2.38. The number of carbonyl (C=O) groups is 1. The molecule has 1 heterocycles. The zero-order valence-electron chi connectivity index (χ0n) is 15.1. The van der Waals surface area contributed by atoms with Gasteiger partial charge in [-0.3, -0.25) is 4.79 Å². The van der Waals surface area contributed by atoms with Crippen LogP contribution in [0.3, 0.4) is 0 Å². The Balaban J connectivity index is 0.00000264. The summed E-state index contributed by atoms with van der Waals surface area (Å²) < 4.78 is 0. The highest BCUT2D eigenvalue weighted by Crippen LogP contribution is 2.18. The van der Waals surface area contributed by atoms with Gasteiger partial charge in [-0.15, -0.1) is 24.8 Å². The lowest BCUT2D eigenvalue weighted by molar-refractivity contribution is 0.0603. The fraction of sp³-hybridized carbons (Fsp3) is 0.611. The SMILES string of the molecule is CCCCN(C)c1ccc(C(=O)N2CCNC(C)C2C)cc1.Cl.Cl. The number of unbranched alkanes of at least 4 members (excludes halogenated alkanes) is 1. The van der Waals surface area contributed by atoms with Crippen molar-refractivity contribution in [3.63, 3.8) is 0 Å². The lowest BCUT2D eigenvalue weighted by atomic mass is 10.1. The van der Waals surface area contributed by atoms with Gasteiger partial charge in [0.05, 0.1) is 0 Å². The summed E-state index contributed by atoms with van der Waals surface area (Å²) in [6, 6.07) is 8.60.